The summed E-state index contributed by atoms with van der Waals surface area (Å²) in [5, 5.41) is 0. The molecule has 0 atom stereocenters. The van der Waals surface area contributed by atoms with Crippen LogP contribution in [-0.2, 0) is 0 Å². The van der Waals surface area contributed by atoms with Crippen molar-refractivity contribution in [2.75, 3.05) is 18.6 Å². The molecule has 0 aliphatic carbocycles. The highest BCUT2D eigenvalue weighted by molar-refractivity contribution is 5.63. The van der Waals surface area contributed by atoms with Crippen LogP contribution in [0.15, 0.2) is 48.5 Å². The number of hydrogen-bond donors (Lipinski definition) is 0. The molecule has 0 aromatic heterocycles. The normalized spacial score (nSPS) is 10.2. The molecule has 2 aromatic rings. The van der Waals surface area contributed by atoms with E-state index in [4.69, 9.17) is 4.74 Å². The average Bonchev–Trinajstić information content (AvgIpc) is 2.42. The molecule has 0 saturated carbocycles. The molecule has 0 N–H and O–H groups in total. The lowest BCUT2D eigenvalue weighted by atomic mass is 10.2. The monoisotopic (exact) mass is 241 g/mol. The van der Waals surface area contributed by atoms with Crippen LogP contribution in [0, 0.1) is 6.92 Å². The summed E-state index contributed by atoms with van der Waals surface area (Å²) in [6, 6.07) is 16.7. The SMILES string of the molecule is CCN(c1ccc(C)cc1)c1ccc(OC)cc1. The van der Waals surface area contributed by atoms with E-state index in [1.165, 1.54) is 16.9 Å². The van der Waals surface area contributed by atoms with Gasteiger partial charge in [-0.2, -0.15) is 0 Å². The fourth-order valence-electron chi connectivity index (χ4n) is 2.00. The fraction of sp³-hybridized carbons (Fsp3) is 0.250. The van der Waals surface area contributed by atoms with E-state index < -0.39 is 0 Å². The minimum atomic E-state index is 0.888. The first kappa shape index (κ1) is 12.5. The van der Waals surface area contributed by atoms with Gasteiger partial charge in [-0.25, -0.2) is 0 Å². The zero-order chi connectivity index (χ0) is 13.0. The van der Waals surface area contributed by atoms with Crippen LogP contribution in [0.1, 0.15) is 12.5 Å². The number of benzene rings is 2. The highest BCUT2D eigenvalue weighted by Crippen LogP contribution is 2.26. The number of anilines is 2. The Morgan fingerprint density at radius 1 is 0.889 bits per heavy atom. The first-order valence-corrected chi connectivity index (χ1v) is 6.23. The first-order chi connectivity index (χ1) is 8.74. The predicted octanol–water partition coefficient (Wildman–Crippen LogP) is 4.16. The molecular weight excluding hydrogens is 222 g/mol. The Labute approximate surface area is 109 Å². The quantitative estimate of drug-likeness (QED) is 0.797. The van der Waals surface area contributed by atoms with Crippen molar-refractivity contribution in [3.8, 4) is 5.75 Å². The van der Waals surface area contributed by atoms with Crippen LogP contribution in [0.4, 0.5) is 11.4 Å². The van der Waals surface area contributed by atoms with Crippen molar-refractivity contribution in [3.05, 3.63) is 54.1 Å². The van der Waals surface area contributed by atoms with Gasteiger partial charge in [0.05, 0.1) is 7.11 Å². The minimum Gasteiger partial charge on any atom is -0.497 e. The van der Waals surface area contributed by atoms with Crippen LogP contribution in [-0.4, -0.2) is 13.7 Å². The Balaban J connectivity index is 2.29. The van der Waals surface area contributed by atoms with Gasteiger partial charge in [0.2, 0.25) is 0 Å². The summed E-state index contributed by atoms with van der Waals surface area (Å²) in [6.45, 7) is 5.20. The molecule has 0 aliphatic rings. The van der Waals surface area contributed by atoms with Gasteiger partial charge in [0.25, 0.3) is 0 Å². The molecule has 0 saturated heterocycles. The Morgan fingerprint density at radius 2 is 1.39 bits per heavy atom. The second kappa shape index (κ2) is 5.58. The summed E-state index contributed by atoms with van der Waals surface area (Å²) in [4.78, 5) is 2.28. The molecule has 0 fully saturated rings. The van der Waals surface area contributed by atoms with E-state index in [9.17, 15) is 0 Å². The van der Waals surface area contributed by atoms with E-state index in [0.717, 1.165) is 12.3 Å². The van der Waals surface area contributed by atoms with Crippen LogP contribution >= 0.6 is 0 Å². The molecule has 0 heterocycles. The van der Waals surface area contributed by atoms with Crippen molar-refractivity contribution >= 4 is 11.4 Å². The van der Waals surface area contributed by atoms with E-state index in [-0.39, 0.29) is 0 Å². The second-order valence-corrected chi connectivity index (χ2v) is 4.28. The molecule has 0 unspecified atom stereocenters. The first-order valence-electron chi connectivity index (χ1n) is 6.23. The van der Waals surface area contributed by atoms with Crippen LogP contribution in [0.3, 0.4) is 0 Å². The molecule has 0 bridgehead atoms. The summed E-state index contributed by atoms with van der Waals surface area (Å²) in [6.07, 6.45) is 0. The molecule has 0 amide bonds. The van der Waals surface area contributed by atoms with Crippen molar-refractivity contribution in [2.24, 2.45) is 0 Å². The van der Waals surface area contributed by atoms with E-state index >= 15 is 0 Å². The van der Waals surface area contributed by atoms with Gasteiger partial charge in [-0.1, -0.05) is 17.7 Å². The van der Waals surface area contributed by atoms with E-state index in [2.05, 4.69) is 55.1 Å². The maximum atomic E-state index is 5.19. The van der Waals surface area contributed by atoms with E-state index in [1.807, 2.05) is 12.1 Å². The number of rotatable bonds is 4. The Hall–Kier alpha value is -1.96. The maximum Gasteiger partial charge on any atom is 0.119 e. The third-order valence-corrected chi connectivity index (χ3v) is 3.05. The summed E-state index contributed by atoms with van der Waals surface area (Å²) in [7, 11) is 1.69. The molecule has 2 nitrogen and oxygen atoms in total. The number of methoxy groups -OCH3 is 1. The maximum absolute atomic E-state index is 5.19. The standard InChI is InChI=1S/C16H19NO/c1-4-17(14-7-5-13(2)6-8-14)15-9-11-16(18-3)12-10-15/h5-12H,4H2,1-3H3. The zero-order valence-corrected chi connectivity index (χ0v) is 11.2. The topological polar surface area (TPSA) is 12.5 Å². The minimum absolute atomic E-state index is 0.888. The van der Waals surface area contributed by atoms with Crippen LogP contribution < -0.4 is 9.64 Å². The zero-order valence-electron chi connectivity index (χ0n) is 11.2. The van der Waals surface area contributed by atoms with Gasteiger partial charge in [-0.05, 0) is 50.2 Å². The van der Waals surface area contributed by atoms with Crippen LogP contribution in [0.5, 0.6) is 5.75 Å². The van der Waals surface area contributed by atoms with E-state index in [0.29, 0.717) is 0 Å². The summed E-state index contributed by atoms with van der Waals surface area (Å²) >= 11 is 0. The third kappa shape index (κ3) is 2.65. The van der Waals surface area contributed by atoms with Crippen molar-refractivity contribution in [1.82, 2.24) is 0 Å². The Kier molecular flexibility index (Phi) is 3.88. The van der Waals surface area contributed by atoms with Crippen molar-refractivity contribution in [3.63, 3.8) is 0 Å². The molecule has 2 rings (SSSR count). The largest absolute Gasteiger partial charge is 0.497 e. The molecule has 94 valence electrons. The Morgan fingerprint density at radius 3 is 1.83 bits per heavy atom. The molecule has 2 aromatic carbocycles. The summed E-state index contributed by atoms with van der Waals surface area (Å²) < 4.78 is 5.19. The number of hydrogen-bond acceptors (Lipinski definition) is 2. The van der Waals surface area contributed by atoms with Gasteiger partial charge in [0, 0.05) is 17.9 Å². The summed E-state index contributed by atoms with van der Waals surface area (Å²) in [5.74, 6) is 0.888. The van der Waals surface area contributed by atoms with Crippen molar-refractivity contribution in [1.29, 1.82) is 0 Å². The van der Waals surface area contributed by atoms with Gasteiger partial charge < -0.3 is 9.64 Å². The van der Waals surface area contributed by atoms with Crippen LogP contribution in [0.25, 0.3) is 0 Å². The van der Waals surface area contributed by atoms with Crippen molar-refractivity contribution < 1.29 is 4.74 Å². The van der Waals surface area contributed by atoms with Gasteiger partial charge >= 0.3 is 0 Å². The molecule has 18 heavy (non-hydrogen) atoms. The number of nitrogens with zero attached hydrogens (tertiary/aromatic N) is 1. The average molecular weight is 241 g/mol. The second-order valence-electron chi connectivity index (χ2n) is 4.28. The number of aryl methyl sites for hydroxylation is 1. The lowest BCUT2D eigenvalue weighted by Gasteiger charge is -2.23. The molecule has 0 spiro atoms. The van der Waals surface area contributed by atoms with Crippen LogP contribution in [0.2, 0.25) is 0 Å². The molecule has 0 aliphatic heterocycles. The highest BCUT2D eigenvalue weighted by atomic mass is 16.5. The number of ether oxygens (including phenoxy) is 1. The molecule has 2 heteroatoms. The van der Waals surface area contributed by atoms with Gasteiger partial charge in [-0.15, -0.1) is 0 Å². The smallest absolute Gasteiger partial charge is 0.119 e. The van der Waals surface area contributed by atoms with Gasteiger partial charge in [-0.3, -0.25) is 0 Å². The fourth-order valence-corrected chi connectivity index (χ4v) is 2.00. The van der Waals surface area contributed by atoms with Gasteiger partial charge in [0.15, 0.2) is 0 Å². The van der Waals surface area contributed by atoms with Gasteiger partial charge in [0.1, 0.15) is 5.75 Å². The highest BCUT2D eigenvalue weighted by Gasteiger charge is 2.06. The lowest BCUT2D eigenvalue weighted by Crippen LogP contribution is -2.15. The lowest BCUT2D eigenvalue weighted by molar-refractivity contribution is 0.415. The van der Waals surface area contributed by atoms with Crippen molar-refractivity contribution in [2.45, 2.75) is 13.8 Å². The van der Waals surface area contributed by atoms with E-state index in [1.54, 1.807) is 7.11 Å². The Bertz CT molecular complexity index is 488. The molecular formula is C16H19NO. The summed E-state index contributed by atoms with van der Waals surface area (Å²) in [5.41, 5.74) is 3.68. The molecule has 0 radical (unpaired) electrons. The predicted molar refractivity (Wildman–Crippen MR) is 76.9 cm³/mol. The third-order valence-electron chi connectivity index (χ3n) is 3.05.